The number of halogens is 1. The third kappa shape index (κ3) is 3.09. The lowest BCUT2D eigenvalue weighted by atomic mass is 10.1. The molecule has 0 saturated carbocycles. The Morgan fingerprint density at radius 1 is 1.42 bits per heavy atom. The van der Waals surface area contributed by atoms with Crippen molar-refractivity contribution in [1.29, 1.82) is 5.41 Å². The first-order chi connectivity index (χ1) is 9.00. The normalized spacial score (nSPS) is 21.2. The van der Waals surface area contributed by atoms with Crippen LogP contribution in [0.25, 0.3) is 0 Å². The van der Waals surface area contributed by atoms with Gasteiger partial charge in [-0.25, -0.2) is 0 Å². The van der Waals surface area contributed by atoms with E-state index in [0.717, 1.165) is 41.8 Å². The molecular weight excluding hydrogens is 304 g/mol. The van der Waals surface area contributed by atoms with Crippen LogP contribution in [-0.2, 0) is 0 Å². The molecular formula is C14H21BrN4. The van der Waals surface area contributed by atoms with Gasteiger partial charge in [-0.05, 0) is 55.0 Å². The minimum absolute atomic E-state index is 0.118. The highest BCUT2D eigenvalue weighted by Gasteiger charge is 2.23. The maximum atomic E-state index is 7.81. The highest BCUT2D eigenvalue weighted by Crippen LogP contribution is 2.29. The van der Waals surface area contributed by atoms with Crippen LogP contribution in [0, 0.1) is 5.41 Å². The summed E-state index contributed by atoms with van der Waals surface area (Å²) in [6.45, 7) is 5.38. The number of hydrogen-bond acceptors (Lipinski definition) is 3. The first-order valence-corrected chi connectivity index (χ1v) is 7.38. The molecule has 1 saturated heterocycles. The molecule has 1 unspecified atom stereocenters. The average Bonchev–Trinajstić information content (AvgIpc) is 2.49. The molecule has 4 nitrogen and oxygen atoms in total. The zero-order valence-corrected chi connectivity index (χ0v) is 13.1. The van der Waals surface area contributed by atoms with E-state index in [9.17, 15) is 0 Å². The van der Waals surface area contributed by atoms with E-state index in [1.54, 1.807) is 0 Å². The van der Waals surface area contributed by atoms with Gasteiger partial charge in [-0.2, -0.15) is 0 Å². The number of nitrogens with zero attached hydrogens (tertiary/aromatic N) is 2. The molecule has 5 heteroatoms. The van der Waals surface area contributed by atoms with E-state index >= 15 is 0 Å². The van der Waals surface area contributed by atoms with Crippen LogP contribution in [0.15, 0.2) is 22.7 Å². The molecule has 0 aromatic heterocycles. The second-order valence-corrected chi connectivity index (χ2v) is 6.06. The Bertz CT molecular complexity index is 475. The lowest BCUT2D eigenvalue weighted by molar-refractivity contribution is 0.337. The van der Waals surface area contributed by atoms with Crippen molar-refractivity contribution in [2.45, 2.75) is 19.4 Å². The van der Waals surface area contributed by atoms with E-state index in [1.807, 2.05) is 12.1 Å². The van der Waals surface area contributed by atoms with Gasteiger partial charge in [0.05, 0.1) is 5.56 Å². The number of benzene rings is 1. The quantitative estimate of drug-likeness (QED) is 0.648. The molecule has 0 bridgehead atoms. The summed E-state index contributed by atoms with van der Waals surface area (Å²) >= 11 is 3.51. The van der Waals surface area contributed by atoms with Crippen LogP contribution in [0.3, 0.4) is 0 Å². The number of nitrogen functional groups attached to an aromatic ring is 1. The van der Waals surface area contributed by atoms with Crippen molar-refractivity contribution in [3.05, 3.63) is 28.2 Å². The van der Waals surface area contributed by atoms with Crippen LogP contribution in [0.2, 0.25) is 0 Å². The zero-order chi connectivity index (χ0) is 14.0. The summed E-state index contributed by atoms with van der Waals surface area (Å²) in [6.07, 6.45) is 1.13. The maximum Gasteiger partial charge on any atom is 0.126 e. The fourth-order valence-corrected chi connectivity index (χ4v) is 3.32. The predicted molar refractivity (Wildman–Crippen MR) is 84.1 cm³/mol. The number of likely N-dealkylation sites (N-methyl/N-ethyl adjacent to an activating group) is 1. The standard InChI is InChI=1S/C14H21BrN4/c1-10-9-18(2)7-4-8-19(10)12-6-3-5-11(15)13(12)14(16)17/h3,5-6,10H,4,7-9H2,1-2H3,(H3,16,17). The van der Waals surface area contributed by atoms with Crippen LogP contribution in [0.1, 0.15) is 18.9 Å². The zero-order valence-electron chi connectivity index (χ0n) is 11.5. The predicted octanol–water partition coefficient (Wildman–Crippen LogP) is 2.26. The highest BCUT2D eigenvalue weighted by atomic mass is 79.9. The van der Waals surface area contributed by atoms with Gasteiger partial charge >= 0.3 is 0 Å². The van der Waals surface area contributed by atoms with Gasteiger partial charge in [0.25, 0.3) is 0 Å². The van der Waals surface area contributed by atoms with Crippen LogP contribution in [-0.4, -0.2) is 43.5 Å². The Balaban J connectivity index is 2.40. The first-order valence-electron chi connectivity index (χ1n) is 6.58. The van der Waals surface area contributed by atoms with Gasteiger partial charge < -0.3 is 15.5 Å². The summed E-state index contributed by atoms with van der Waals surface area (Å²) in [7, 11) is 2.16. The molecule has 1 aromatic rings. The van der Waals surface area contributed by atoms with Crippen molar-refractivity contribution in [3.63, 3.8) is 0 Å². The van der Waals surface area contributed by atoms with Crippen molar-refractivity contribution >= 4 is 27.5 Å². The van der Waals surface area contributed by atoms with Crippen LogP contribution < -0.4 is 10.6 Å². The summed E-state index contributed by atoms with van der Waals surface area (Å²) in [6, 6.07) is 6.42. The molecule has 0 aliphatic carbocycles. The molecule has 1 aliphatic rings. The van der Waals surface area contributed by atoms with Gasteiger partial charge in [-0.1, -0.05) is 6.07 Å². The molecule has 104 valence electrons. The molecule has 2 rings (SSSR count). The van der Waals surface area contributed by atoms with E-state index in [2.05, 4.69) is 45.8 Å². The Morgan fingerprint density at radius 3 is 2.84 bits per heavy atom. The van der Waals surface area contributed by atoms with Gasteiger partial charge in [-0.3, -0.25) is 5.41 Å². The molecule has 1 aliphatic heterocycles. The summed E-state index contributed by atoms with van der Waals surface area (Å²) in [5.41, 5.74) is 7.61. The van der Waals surface area contributed by atoms with E-state index in [4.69, 9.17) is 11.1 Å². The number of rotatable bonds is 2. The minimum atomic E-state index is 0.118. The SMILES string of the molecule is CC1CN(C)CCCN1c1cccc(Br)c1C(=N)N. The average molecular weight is 325 g/mol. The largest absolute Gasteiger partial charge is 0.384 e. The summed E-state index contributed by atoms with van der Waals surface area (Å²) < 4.78 is 0.891. The van der Waals surface area contributed by atoms with Gasteiger partial charge in [0.2, 0.25) is 0 Å². The summed E-state index contributed by atoms with van der Waals surface area (Å²) in [5.74, 6) is 0.118. The van der Waals surface area contributed by atoms with Crippen molar-refractivity contribution in [2.24, 2.45) is 5.73 Å². The number of amidine groups is 1. The lowest BCUT2D eigenvalue weighted by Gasteiger charge is -2.32. The van der Waals surface area contributed by atoms with Gasteiger partial charge in [0, 0.05) is 29.3 Å². The molecule has 1 atom stereocenters. The van der Waals surface area contributed by atoms with Crippen molar-refractivity contribution in [3.8, 4) is 0 Å². The molecule has 0 radical (unpaired) electrons. The summed E-state index contributed by atoms with van der Waals surface area (Å²) in [5, 5.41) is 7.81. The smallest absolute Gasteiger partial charge is 0.126 e. The van der Waals surface area contributed by atoms with Crippen molar-refractivity contribution in [1.82, 2.24) is 4.90 Å². The molecule has 1 heterocycles. The Labute approximate surface area is 123 Å². The number of nitrogens with two attached hydrogens (primary N) is 1. The summed E-state index contributed by atoms with van der Waals surface area (Å²) in [4.78, 5) is 4.72. The minimum Gasteiger partial charge on any atom is -0.384 e. The number of hydrogen-bond donors (Lipinski definition) is 2. The Hall–Kier alpha value is -1.07. The fourth-order valence-electron chi connectivity index (χ4n) is 2.75. The third-order valence-corrected chi connectivity index (χ3v) is 4.28. The first kappa shape index (κ1) is 14.3. The topological polar surface area (TPSA) is 56.4 Å². The second-order valence-electron chi connectivity index (χ2n) is 5.21. The van der Waals surface area contributed by atoms with Crippen molar-refractivity contribution in [2.75, 3.05) is 31.6 Å². The maximum absolute atomic E-state index is 7.81. The van der Waals surface area contributed by atoms with Gasteiger partial charge in [0.1, 0.15) is 5.84 Å². The van der Waals surface area contributed by atoms with Crippen LogP contribution in [0.4, 0.5) is 5.69 Å². The van der Waals surface area contributed by atoms with Crippen LogP contribution >= 0.6 is 15.9 Å². The van der Waals surface area contributed by atoms with Gasteiger partial charge in [-0.15, -0.1) is 0 Å². The van der Waals surface area contributed by atoms with E-state index in [1.165, 1.54) is 0 Å². The third-order valence-electron chi connectivity index (χ3n) is 3.62. The molecule has 19 heavy (non-hydrogen) atoms. The fraction of sp³-hybridized carbons (Fsp3) is 0.500. The molecule has 1 aromatic carbocycles. The van der Waals surface area contributed by atoms with E-state index in [-0.39, 0.29) is 5.84 Å². The Kier molecular flexibility index (Phi) is 4.47. The molecule has 0 spiro atoms. The monoisotopic (exact) mass is 324 g/mol. The highest BCUT2D eigenvalue weighted by molar-refractivity contribution is 9.10. The number of nitrogens with one attached hydrogen (secondary N) is 1. The van der Waals surface area contributed by atoms with Crippen molar-refractivity contribution < 1.29 is 0 Å². The van der Waals surface area contributed by atoms with E-state index in [0.29, 0.717) is 6.04 Å². The lowest BCUT2D eigenvalue weighted by Crippen LogP contribution is -2.39. The van der Waals surface area contributed by atoms with Gasteiger partial charge in [0.15, 0.2) is 0 Å². The Morgan fingerprint density at radius 2 is 2.16 bits per heavy atom. The molecule has 0 amide bonds. The molecule has 1 fully saturated rings. The van der Waals surface area contributed by atoms with Crippen LogP contribution in [0.5, 0.6) is 0 Å². The second kappa shape index (κ2) is 5.92. The number of anilines is 1. The van der Waals surface area contributed by atoms with E-state index < -0.39 is 0 Å². The molecule has 3 N–H and O–H groups in total.